The Balaban J connectivity index is 2.28. The Morgan fingerprint density at radius 1 is 1.26 bits per heavy atom. The minimum Gasteiger partial charge on any atom is -0.364 e. The summed E-state index contributed by atoms with van der Waals surface area (Å²) < 4.78 is 0. The van der Waals surface area contributed by atoms with Gasteiger partial charge in [-0.15, -0.1) is 22.9 Å². The summed E-state index contributed by atoms with van der Waals surface area (Å²) in [5.74, 6) is 0.577. The molecule has 2 aromatic rings. The van der Waals surface area contributed by atoms with Gasteiger partial charge >= 0.3 is 0 Å². The lowest BCUT2D eigenvalue weighted by molar-refractivity contribution is 0.685. The number of rotatable bonds is 5. The number of hydrogen-bond acceptors (Lipinski definition) is 2. The molecule has 102 valence electrons. The van der Waals surface area contributed by atoms with Crippen LogP contribution in [0.15, 0.2) is 35.7 Å². The van der Waals surface area contributed by atoms with Crippen LogP contribution in [-0.2, 0) is 12.4 Å². The van der Waals surface area contributed by atoms with Gasteiger partial charge in [0.05, 0.1) is 6.54 Å². The van der Waals surface area contributed by atoms with Crippen LogP contribution in [0.3, 0.4) is 0 Å². The van der Waals surface area contributed by atoms with Crippen molar-refractivity contribution in [3.05, 3.63) is 51.7 Å². The summed E-state index contributed by atoms with van der Waals surface area (Å²) in [5.41, 5.74) is 3.78. The quantitative estimate of drug-likeness (QED) is 0.684. The summed E-state index contributed by atoms with van der Waals surface area (Å²) in [4.78, 5) is 3.84. The lowest BCUT2D eigenvalue weighted by atomic mass is 10.1. The first-order valence-electron chi connectivity index (χ1n) is 6.56. The van der Waals surface area contributed by atoms with Gasteiger partial charge < -0.3 is 4.90 Å². The summed E-state index contributed by atoms with van der Waals surface area (Å²) in [6.07, 6.45) is 0. The maximum absolute atomic E-state index is 5.90. The molecule has 0 saturated heterocycles. The van der Waals surface area contributed by atoms with E-state index in [9.17, 15) is 0 Å². The molecular formula is C16H20ClNS. The predicted molar refractivity (Wildman–Crippen MR) is 86.4 cm³/mol. The fraction of sp³-hybridized carbons (Fsp3) is 0.375. The summed E-state index contributed by atoms with van der Waals surface area (Å²) in [7, 11) is 0. The van der Waals surface area contributed by atoms with Gasteiger partial charge in [-0.3, -0.25) is 0 Å². The van der Waals surface area contributed by atoms with Gasteiger partial charge in [0, 0.05) is 22.5 Å². The van der Waals surface area contributed by atoms with Gasteiger partial charge in [0.25, 0.3) is 0 Å². The zero-order chi connectivity index (χ0) is 13.8. The fourth-order valence-electron chi connectivity index (χ4n) is 2.24. The van der Waals surface area contributed by atoms with E-state index in [4.69, 9.17) is 11.6 Å². The second kappa shape index (κ2) is 6.44. The largest absolute Gasteiger partial charge is 0.364 e. The second-order valence-corrected chi connectivity index (χ2v) is 6.35. The molecule has 3 heteroatoms. The highest BCUT2D eigenvalue weighted by Crippen LogP contribution is 2.26. The van der Waals surface area contributed by atoms with Crippen molar-refractivity contribution in [1.29, 1.82) is 0 Å². The van der Waals surface area contributed by atoms with Crippen molar-refractivity contribution in [3.8, 4) is 0 Å². The van der Waals surface area contributed by atoms with E-state index in [0.29, 0.717) is 11.9 Å². The molecule has 0 atom stereocenters. The molecule has 0 aliphatic heterocycles. The van der Waals surface area contributed by atoms with Gasteiger partial charge in [-0.25, -0.2) is 0 Å². The minimum absolute atomic E-state index is 0.475. The third-order valence-corrected chi connectivity index (χ3v) is 4.42. The lowest BCUT2D eigenvalue weighted by Gasteiger charge is -2.30. The zero-order valence-electron chi connectivity index (χ0n) is 11.7. The SMILES string of the molecule is Cc1cc(CCl)ccc1N(Cc1cccs1)C(C)C. The van der Waals surface area contributed by atoms with E-state index in [1.54, 1.807) is 0 Å². The van der Waals surface area contributed by atoms with Crippen molar-refractivity contribution in [3.63, 3.8) is 0 Å². The van der Waals surface area contributed by atoms with E-state index in [-0.39, 0.29) is 0 Å². The van der Waals surface area contributed by atoms with Crippen LogP contribution >= 0.6 is 22.9 Å². The molecule has 0 radical (unpaired) electrons. The number of hydrogen-bond donors (Lipinski definition) is 0. The first kappa shape index (κ1) is 14.4. The van der Waals surface area contributed by atoms with Crippen LogP contribution in [0.5, 0.6) is 0 Å². The second-order valence-electron chi connectivity index (χ2n) is 5.06. The Morgan fingerprint density at radius 2 is 2.05 bits per heavy atom. The van der Waals surface area contributed by atoms with Crippen LogP contribution in [0.2, 0.25) is 0 Å². The third-order valence-electron chi connectivity index (χ3n) is 3.25. The number of thiophene rings is 1. The van der Waals surface area contributed by atoms with Gasteiger partial charge in [-0.2, -0.15) is 0 Å². The number of alkyl halides is 1. The highest BCUT2D eigenvalue weighted by atomic mass is 35.5. The van der Waals surface area contributed by atoms with E-state index < -0.39 is 0 Å². The Hall–Kier alpha value is -0.990. The molecule has 1 nitrogen and oxygen atoms in total. The Kier molecular flexibility index (Phi) is 4.89. The molecule has 19 heavy (non-hydrogen) atoms. The number of anilines is 1. The molecule has 1 aromatic heterocycles. The predicted octanol–water partition coefficient (Wildman–Crippen LogP) is 5.21. The summed E-state index contributed by atoms with van der Waals surface area (Å²) in [6, 6.07) is 11.3. The van der Waals surface area contributed by atoms with E-state index >= 15 is 0 Å². The molecule has 0 fully saturated rings. The van der Waals surface area contributed by atoms with E-state index in [2.05, 4.69) is 61.4 Å². The molecule has 1 aromatic carbocycles. The molecule has 1 heterocycles. The number of benzene rings is 1. The van der Waals surface area contributed by atoms with E-state index in [1.807, 2.05) is 11.3 Å². The molecule has 0 spiro atoms. The molecule has 0 amide bonds. The van der Waals surface area contributed by atoms with Gasteiger partial charge in [0.2, 0.25) is 0 Å². The summed E-state index contributed by atoms with van der Waals surface area (Å²) in [6.45, 7) is 7.61. The minimum atomic E-state index is 0.475. The third kappa shape index (κ3) is 3.52. The molecule has 2 rings (SSSR count). The van der Waals surface area contributed by atoms with Crippen molar-refractivity contribution in [1.82, 2.24) is 0 Å². The van der Waals surface area contributed by atoms with E-state index in [0.717, 1.165) is 6.54 Å². The molecule has 0 aliphatic carbocycles. The maximum Gasteiger partial charge on any atom is 0.0525 e. The average molecular weight is 294 g/mol. The molecule has 0 unspecified atom stereocenters. The highest BCUT2D eigenvalue weighted by Gasteiger charge is 2.14. The Morgan fingerprint density at radius 3 is 2.58 bits per heavy atom. The van der Waals surface area contributed by atoms with Crippen molar-refractivity contribution >= 4 is 28.6 Å². The lowest BCUT2D eigenvalue weighted by Crippen LogP contribution is -2.30. The van der Waals surface area contributed by atoms with Crippen LogP contribution < -0.4 is 4.90 Å². The number of nitrogens with zero attached hydrogens (tertiary/aromatic N) is 1. The van der Waals surface area contributed by atoms with Crippen molar-refractivity contribution in [2.24, 2.45) is 0 Å². The summed E-state index contributed by atoms with van der Waals surface area (Å²) in [5, 5.41) is 2.14. The van der Waals surface area contributed by atoms with Crippen LogP contribution in [0, 0.1) is 6.92 Å². The van der Waals surface area contributed by atoms with Gasteiger partial charge in [0.15, 0.2) is 0 Å². The highest BCUT2D eigenvalue weighted by molar-refractivity contribution is 7.09. The fourth-order valence-corrected chi connectivity index (χ4v) is 3.11. The average Bonchev–Trinajstić information content (AvgIpc) is 2.89. The van der Waals surface area contributed by atoms with Crippen LogP contribution in [-0.4, -0.2) is 6.04 Å². The van der Waals surface area contributed by atoms with Crippen LogP contribution in [0.1, 0.15) is 29.9 Å². The molecular weight excluding hydrogens is 274 g/mol. The summed E-state index contributed by atoms with van der Waals surface area (Å²) >= 11 is 7.71. The Bertz CT molecular complexity index is 520. The van der Waals surface area contributed by atoms with E-state index in [1.165, 1.54) is 21.7 Å². The van der Waals surface area contributed by atoms with Crippen LogP contribution in [0.25, 0.3) is 0 Å². The van der Waals surface area contributed by atoms with Crippen molar-refractivity contribution < 1.29 is 0 Å². The Labute approximate surface area is 124 Å². The van der Waals surface area contributed by atoms with Gasteiger partial charge in [-0.05, 0) is 49.4 Å². The first-order chi connectivity index (χ1) is 9.11. The standard InChI is InChI=1S/C16H20ClNS/c1-12(2)18(11-15-5-4-8-19-15)16-7-6-14(10-17)9-13(16)3/h4-9,12H,10-11H2,1-3H3. The maximum atomic E-state index is 5.90. The molecule has 0 aliphatic rings. The molecule has 0 N–H and O–H groups in total. The first-order valence-corrected chi connectivity index (χ1v) is 7.97. The molecule has 0 bridgehead atoms. The number of aryl methyl sites for hydroxylation is 1. The van der Waals surface area contributed by atoms with Crippen molar-refractivity contribution in [2.75, 3.05) is 4.90 Å². The van der Waals surface area contributed by atoms with Crippen LogP contribution in [0.4, 0.5) is 5.69 Å². The monoisotopic (exact) mass is 293 g/mol. The van der Waals surface area contributed by atoms with Gasteiger partial charge in [0.1, 0.15) is 0 Å². The smallest absolute Gasteiger partial charge is 0.0525 e. The van der Waals surface area contributed by atoms with Gasteiger partial charge in [-0.1, -0.05) is 18.2 Å². The topological polar surface area (TPSA) is 3.24 Å². The molecule has 0 saturated carbocycles. The number of halogens is 1. The zero-order valence-corrected chi connectivity index (χ0v) is 13.3. The van der Waals surface area contributed by atoms with Crippen molar-refractivity contribution in [2.45, 2.75) is 39.2 Å². The normalized spacial score (nSPS) is 11.0.